The van der Waals surface area contributed by atoms with Gasteiger partial charge in [0.05, 0.1) is 23.4 Å². The highest BCUT2D eigenvalue weighted by Crippen LogP contribution is 2.37. The third-order valence-electron chi connectivity index (χ3n) is 3.10. The molecule has 1 aromatic carbocycles. The van der Waals surface area contributed by atoms with Crippen molar-refractivity contribution in [3.8, 4) is 5.75 Å². The number of ether oxygens (including phenoxy) is 1. The minimum atomic E-state index is -4.63. The minimum Gasteiger partial charge on any atom is -0.490 e. The average Bonchev–Trinajstić information content (AvgIpc) is 2.44. The summed E-state index contributed by atoms with van der Waals surface area (Å²) in [7, 11) is 0. The fraction of sp³-hybridized carbons (Fsp3) is 0.429. The number of aliphatic hydroxyl groups is 1. The highest BCUT2D eigenvalue weighted by atomic mass is 19.4. The second-order valence-corrected chi connectivity index (χ2v) is 5.17. The van der Waals surface area contributed by atoms with E-state index in [1.807, 2.05) is 0 Å². The lowest BCUT2D eigenvalue weighted by atomic mass is 10.0. The lowest BCUT2D eigenvalue weighted by Gasteiger charge is -2.22. The van der Waals surface area contributed by atoms with Crippen LogP contribution in [0.25, 0.3) is 0 Å². The minimum absolute atomic E-state index is 0.210. The maximum atomic E-state index is 13.2. The van der Waals surface area contributed by atoms with Crippen LogP contribution in [-0.2, 0) is 6.18 Å². The summed E-state index contributed by atoms with van der Waals surface area (Å²) in [6.07, 6.45) is -5.52. The van der Waals surface area contributed by atoms with E-state index in [2.05, 4.69) is 15.8 Å². The Kier molecular flexibility index (Phi) is 4.79. The zero-order chi connectivity index (χ0) is 17.2. The maximum absolute atomic E-state index is 13.2. The molecule has 0 saturated heterocycles. The van der Waals surface area contributed by atoms with Gasteiger partial charge in [0.2, 0.25) is 0 Å². The first-order chi connectivity index (χ1) is 10.7. The third-order valence-corrected chi connectivity index (χ3v) is 3.10. The molecule has 0 spiro atoms. The molecular weight excluding hydrogens is 315 g/mol. The molecule has 6 nitrogen and oxygen atoms in total. The van der Waals surface area contributed by atoms with Crippen LogP contribution in [0.5, 0.6) is 5.75 Å². The van der Waals surface area contributed by atoms with Gasteiger partial charge in [-0.15, -0.1) is 0 Å². The fourth-order valence-corrected chi connectivity index (χ4v) is 2.07. The number of nitrogens with zero attached hydrogens (tertiary/aromatic N) is 1. The number of urea groups is 1. The molecule has 2 atom stereocenters. The van der Waals surface area contributed by atoms with E-state index in [0.29, 0.717) is 0 Å². The number of carbonyl (C=O) groups is 1. The van der Waals surface area contributed by atoms with Crippen LogP contribution in [0.1, 0.15) is 25.0 Å². The number of hydrogen-bond acceptors (Lipinski definition) is 4. The van der Waals surface area contributed by atoms with Crippen molar-refractivity contribution in [3.63, 3.8) is 0 Å². The largest absolute Gasteiger partial charge is 0.490 e. The Bertz CT molecular complexity index is 629. The first-order valence-corrected chi connectivity index (χ1v) is 6.85. The molecule has 0 bridgehead atoms. The van der Waals surface area contributed by atoms with Crippen molar-refractivity contribution in [2.45, 2.75) is 32.2 Å². The van der Waals surface area contributed by atoms with E-state index in [9.17, 15) is 18.0 Å². The number of benzene rings is 1. The van der Waals surface area contributed by atoms with Crippen LogP contribution in [-0.4, -0.2) is 35.6 Å². The molecule has 23 heavy (non-hydrogen) atoms. The van der Waals surface area contributed by atoms with E-state index in [-0.39, 0.29) is 23.6 Å². The van der Waals surface area contributed by atoms with Crippen molar-refractivity contribution in [1.82, 2.24) is 10.7 Å². The zero-order valence-corrected chi connectivity index (χ0v) is 12.4. The quantitative estimate of drug-likeness (QED) is 0.788. The van der Waals surface area contributed by atoms with Gasteiger partial charge < -0.3 is 15.2 Å². The van der Waals surface area contributed by atoms with Crippen molar-refractivity contribution in [3.05, 3.63) is 29.3 Å². The molecule has 9 heteroatoms. The molecule has 1 aliphatic rings. The van der Waals surface area contributed by atoms with Crippen molar-refractivity contribution in [2.75, 3.05) is 6.61 Å². The van der Waals surface area contributed by atoms with Gasteiger partial charge >= 0.3 is 12.2 Å². The molecule has 126 valence electrons. The van der Waals surface area contributed by atoms with Crippen LogP contribution in [0, 0.1) is 0 Å². The Morgan fingerprint density at radius 2 is 2.13 bits per heavy atom. The second-order valence-electron chi connectivity index (χ2n) is 5.17. The van der Waals surface area contributed by atoms with E-state index in [0.717, 1.165) is 6.07 Å². The Balaban J connectivity index is 2.38. The number of amides is 2. The standard InChI is InChI=1S/C14H16F3N3O3/c1-7(21)6-23-11-4-3-9(5-10(11)14(15,16)17)12-8(2)18-13(22)20-19-12/h3-5,7-8,21H,6H2,1-2H3,(H2,18,20,22)/t7-,8-/m0/s1. The monoisotopic (exact) mass is 331 g/mol. The van der Waals surface area contributed by atoms with Crippen molar-refractivity contribution >= 4 is 11.7 Å². The van der Waals surface area contributed by atoms with E-state index in [4.69, 9.17) is 9.84 Å². The Morgan fingerprint density at radius 1 is 1.43 bits per heavy atom. The number of hydrogen-bond donors (Lipinski definition) is 3. The van der Waals surface area contributed by atoms with Gasteiger partial charge in [0, 0.05) is 5.56 Å². The highest BCUT2D eigenvalue weighted by molar-refractivity contribution is 6.07. The highest BCUT2D eigenvalue weighted by Gasteiger charge is 2.35. The molecule has 1 heterocycles. The van der Waals surface area contributed by atoms with Gasteiger partial charge in [-0.1, -0.05) is 0 Å². The maximum Gasteiger partial charge on any atom is 0.419 e. The molecular formula is C14H16F3N3O3. The average molecular weight is 331 g/mol. The number of rotatable bonds is 4. The molecule has 0 aliphatic carbocycles. The molecule has 2 amide bonds. The molecule has 2 rings (SSSR count). The second kappa shape index (κ2) is 6.45. The van der Waals surface area contributed by atoms with Crippen LogP contribution >= 0.6 is 0 Å². The van der Waals surface area contributed by atoms with E-state index < -0.39 is 29.9 Å². The molecule has 0 saturated carbocycles. The Labute approximate surface area is 130 Å². The van der Waals surface area contributed by atoms with Gasteiger partial charge in [0.15, 0.2) is 0 Å². The van der Waals surface area contributed by atoms with Gasteiger partial charge in [-0.3, -0.25) is 0 Å². The molecule has 0 fully saturated rings. The van der Waals surface area contributed by atoms with Gasteiger partial charge in [0.25, 0.3) is 0 Å². The summed E-state index contributed by atoms with van der Waals surface area (Å²) in [6.45, 7) is 2.77. The molecule has 0 aromatic heterocycles. The van der Waals surface area contributed by atoms with Crippen LogP contribution in [0.3, 0.4) is 0 Å². The first-order valence-electron chi connectivity index (χ1n) is 6.85. The molecule has 0 unspecified atom stereocenters. The summed E-state index contributed by atoms with van der Waals surface area (Å²) >= 11 is 0. The van der Waals surface area contributed by atoms with Crippen molar-refractivity contribution in [2.24, 2.45) is 5.10 Å². The van der Waals surface area contributed by atoms with E-state index >= 15 is 0 Å². The van der Waals surface area contributed by atoms with Crippen LogP contribution in [0.2, 0.25) is 0 Å². The summed E-state index contributed by atoms with van der Waals surface area (Å²) in [6, 6.07) is 2.45. The zero-order valence-electron chi connectivity index (χ0n) is 12.4. The van der Waals surface area contributed by atoms with Crippen LogP contribution < -0.4 is 15.5 Å². The Morgan fingerprint density at radius 3 is 2.70 bits per heavy atom. The van der Waals surface area contributed by atoms with E-state index in [1.54, 1.807) is 6.92 Å². The van der Waals surface area contributed by atoms with Gasteiger partial charge in [-0.2, -0.15) is 18.3 Å². The smallest absolute Gasteiger partial charge is 0.419 e. The van der Waals surface area contributed by atoms with Crippen LogP contribution in [0.15, 0.2) is 23.3 Å². The summed E-state index contributed by atoms with van der Waals surface area (Å²) in [4.78, 5) is 11.1. The van der Waals surface area contributed by atoms with Crippen molar-refractivity contribution < 1.29 is 27.8 Å². The predicted octanol–water partition coefficient (Wildman–Crippen LogP) is 1.87. The fourth-order valence-electron chi connectivity index (χ4n) is 2.07. The number of carbonyl (C=O) groups excluding carboxylic acids is 1. The molecule has 3 N–H and O–H groups in total. The third kappa shape index (κ3) is 4.13. The van der Waals surface area contributed by atoms with E-state index in [1.165, 1.54) is 19.1 Å². The van der Waals surface area contributed by atoms with Gasteiger partial charge in [-0.05, 0) is 32.0 Å². The van der Waals surface area contributed by atoms with Crippen molar-refractivity contribution in [1.29, 1.82) is 0 Å². The van der Waals surface area contributed by atoms with Crippen LogP contribution in [0.4, 0.5) is 18.0 Å². The predicted molar refractivity (Wildman–Crippen MR) is 76.3 cm³/mol. The number of alkyl halides is 3. The number of aliphatic hydroxyl groups excluding tert-OH is 1. The molecule has 1 aliphatic heterocycles. The lowest BCUT2D eigenvalue weighted by Crippen LogP contribution is -2.48. The number of hydrazone groups is 1. The first kappa shape index (κ1) is 17.1. The number of nitrogens with one attached hydrogen (secondary N) is 2. The SMILES string of the molecule is C[C@H](O)COc1ccc(C2=NNC(=O)N[C@H]2C)cc1C(F)(F)F. The lowest BCUT2D eigenvalue weighted by molar-refractivity contribution is -0.139. The summed E-state index contributed by atoms with van der Waals surface area (Å²) in [5.74, 6) is -0.372. The molecule has 1 aromatic rings. The topological polar surface area (TPSA) is 83.0 Å². The number of halogens is 3. The summed E-state index contributed by atoms with van der Waals surface area (Å²) < 4.78 is 44.7. The summed E-state index contributed by atoms with van der Waals surface area (Å²) in [5.41, 5.74) is 1.68. The Hall–Kier alpha value is -2.29. The normalized spacial score (nSPS) is 19.5. The van der Waals surface area contributed by atoms with Gasteiger partial charge in [0.1, 0.15) is 12.4 Å². The molecule has 0 radical (unpaired) electrons. The summed E-state index contributed by atoms with van der Waals surface area (Å²) in [5, 5.41) is 15.5. The van der Waals surface area contributed by atoms with Gasteiger partial charge in [-0.25, -0.2) is 10.2 Å².